The van der Waals surface area contributed by atoms with Gasteiger partial charge in [-0.3, -0.25) is 9.78 Å². The molecular weight excluding hydrogens is 398 g/mol. The van der Waals surface area contributed by atoms with E-state index in [1.807, 2.05) is 45.0 Å². The van der Waals surface area contributed by atoms with Crippen molar-refractivity contribution in [1.82, 2.24) is 14.6 Å². The minimum Gasteiger partial charge on any atom is -0.349 e. The molecule has 0 aliphatic rings. The normalized spacial score (nSPS) is 12.9. The Kier molecular flexibility index (Phi) is 6.24. The zero-order valence-electron chi connectivity index (χ0n) is 17.9. The third kappa shape index (κ3) is 4.37. The van der Waals surface area contributed by atoms with Gasteiger partial charge in [0.2, 0.25) is 15.9 Å². The zero-order chi connectivity index (χ0) is 22.1. The van der Waals surface area contributed by atoms with E-state index >= 15 is 0 Å². The molecule has 0 saturated heterocycles. The van der Waals surface area contributed by atoms with Gasteiger partial charge in [0.15, 0.2) is 0 Å². The minimum atomic E-state index is -3.47. The van der Waals surface area contributed by atoms with E-state index < -0.39 is 10.0 Å². The van der Waals surface area contributed by atoms with E-state index in [2.05, 4.69) is 10.3 Å². The monoisotopic (exact) mass is 425 g/mol. The maximum Gasteiger partial charge on any atom is 0.242 e. The first-order valence-corrected chi connectivity index (χ1v) is 11.2. The number of amides is 1. The van der Waals surface area contributed by atoms with Gasteiger partial charge in [0, 0.05) is 25.2 Å². The Morgan fingerprint density at radius 3 is 2.33 bits per heavy atom. The highest BCUT2D eigenvalue weighted by atomic mass is 32.2. The lowest BCUT2D eigenvalue weighted by Crippen LogP contribution is -2.29. The number of carbonyl (C=O) groups excluding carboxylic acids is 1. The van der Waals surface area contributed by atoms with Crippen LogP contribution in [0.4, 0.5) is 0 Å². The molecule has 1 atom stereocenters. The van der Waals surface area contributed by atoms with Crippen molar-refractivity contribution in [1.29, 1.82) is 0 Å². The van der Waals surface area contributed by atoms with E-state index in [0.29, 0.717) is 0 Å². The van der Waals surface area contributed by atoms with Crippen molar-refractivity contribution in [3.63, 3.8) is 0 Å². The van der Waals surface area contributed by atoms with Gasteiger partial charge in [-0.1, -0.05) is 30.3 Å². The fraction of sp³-hybridized carbons (Fsp3) is 0.304. The molecule has 3 rings (SSSR count). The van der Waals surface area contributed by atoms with Gasteiger partial charge < -0.3 is 5.32 Å². The topological polar surface area (TPSA) is 79.4 Å². The number of rotatable bonds is 6. The van der Waals surface area contributed by atoms with Gasteiger partial charge in [-0.2, -0.15) is 0 Å². The van der Waals surface area contributed by atoms with Crippen LogP contribution in [0.15, 0.2) is 53.4 Å². The van der Waals surface area contributed by atoms with Crippen LogP contribution in [0.3, 0.4) is 0 Å². The number of pyridine rings is 1. The number of nitrogens with zero attached hydrogens (tertiary/aromatic N) is 2. The molecule has 7 heteroatoms. The summed E-state index contributed by atoms with van der Waals surface area (Å²) in [6, 6.07) is 14.3. The second kappa shape index (κ2) is 8.53. The van der Waals surface area contributed by atoms with Gasteiger partial charge in [0.25, 0.3) is 0 Å². The van der Waals surface area contributed by atoms with E-state index in [-0.39, 0.29) is 23.3 Å². The summed E-state index contributed by atoms with van der Waals surface area (Å²) in [5.74, 6) is -0.101. The number of hydrogen-bond acceptors (Lipinski definition) is 4. The summed E-state index contributed by atoms with van der Waals surface area (Å²) in [7, 11) is -0.476. The fourth-order valence-electron chi connectivity index (χ4n) is 3.51. The van der Waals surface area contributed by atoms with E-state index in [4.69, 9.17) is 0 Å². The van der Waals surface area contributed by atoms with Gasteiger partial charge >= 0.3 is 0 Å². The Hall–Kier alpha value is -2.77. The summed E-state index contributed by atoms with van der Waals surface area (Å²) >= 11 is 0. The second-order valence-corrected chi connectivity index (χ2v) is 9.79. The van der Waals surface area contributed by atoms with Crippen molar-refractivity contribution < 1.29 is 13.2 Å². The quantitative estimate of drug-likeness (QED) is 0.655. The number of fused-ring (bicyclic) bond motifs is 1. The Balaban J connectivity index is 1.75. The number of para-hydroxylation sites is 1. The number of hydrogen-bond donors (Lipinski definition) is 1. The maximum atomic E-state index is 12.7. The third-order valence-electron chi connectivity index (χ3n) is 5.36. The molecule has 0 spiro atoms. The molecule has 0 bridgehead atoms. The van der Waals surface area contributed by atoms with E-state index in [1.54, 1.807) is 24.3 Å². The molecule has 1 heterocycles. The molecule has 0 fully saturated rings. The van der Waals surface area contributed by atoms with Crippen LogP contribution >= 0.6 is 0 Å². The fourth-order valence-corrected chi connectivity index (χ4v) is 4.41. The van der Waals surface area contributed by atoms with Crippen LogP contribution in [0.1, 0.15) is 35.3 Å². The molecule has 1 unspecified atom stereocenters. The summed E-state index contributed by atoms with van der Waals surface area (Å²) in [6.45, 7) is 5.83. The van der Waals surface area contributed by atoms with Gasteiger partial charge in [-0.25, -0.2) is 12.7 Å². The van der Waals surface area contributed by atoms with Crippen molar-refractivity contribution in [2.45, 2.75) is 38.1 Å². The molecule has 2 aromatic carbocycles. The lowest BCUT2D eigenvalue weighted by molar-refractivity contribution is -0.121. The van der Waals surface area contributed by atoms with Crippen molar-refractivity contribution in [3.8, 4) is 0 Å². The molecule has 1 N–H and O–H groups in total. The van der Waals surface area contributed by atoms with Gasteiger partial charge in [-0.15, -0.1) is 0 Å². The number of sulfonamides is 1. The first-order valence-electron chi connectivity index (χ1n) is 9.78. The number of nitrogens with one attached hydrogen (secondary N) is 1. The third-order valence-corrected chi connectivity index (χ3v) is 7.19. The predicted octanol–water partition coefficient (Wildman–Crippen LogP) is 3.52. The molecule has 6 nitrogen and oxygen atoms in total. The molecular formula is C23H27N3O3S. The lowest BCUT2D eigenvalue weighted by atomic mass is 9.99. The Labute approximate surface area is 178 Å². The Morgan fingerprint density at radius 1 is 1.07 bits per heavy atom. The number of aromatic nitrogens is 1. The van der Waals surface area contributed by atoms with Gasteiger partial charge in [-0.05, 0) is 55.7 Å². The predicted molar refractivity (Wildman–Crippen MR) is 119 cm³/mol. The number of carbonyl (C=O) groups is 1. The second-order valence-electron chi connectivity index (χ2n) is 7.64. The SMILES string of the molecule is Cc1nc2ccccc2c(C)c1CC(=O)NC(C)c1ccc(S(=O)(=O)N(C)C)cc1. The van der Waals surface area contributed by atoms with Crippen LogP contribution in [-0.2, 0) is 21.2 Å². The Morgan fingerprint density at radius 2 is 1.70 bits per heavy atom. The largest absolute Gasteiger partial charge is 0.349 e. The van der Waals surface area contributed by atoms with E-state index in [1.165, 1.54) is 18.4 Å². The van der Waals surface area contributed by atoms with Gasteiger partial charge in [0.05, 0.1) is 22.9 Å². The summed E-state index contributed by atoms with van der Waals surface area (Å²) in [5, 5.41) is 4.05. The van der Waals surface area contributed by atoms with Crippen LogP contribution in [0.2, 0.25) is 0 Å². The summed E-state index contributed by atoms with van der Waals surface area (Å²) in [4.78, 5) is 17.6. The van der Waals surface area contributed by atoms with Crippen LogP contribution in [0.5, 0.6) is 0 Å². The highest BCUT2D eigenvalue weighted by Gasteiger charge is 2.18. The van der Waals surface area contributed by atoms with Crippen LogP contribution in [-0.4, -0.2) is 37.7 Å². The smallest absolute Gasteiger partial charge is 0.242 e. The Bertz CT molecular complexity index is 1190. The number of aryl methyl sites for hydroxylation is 2. The highest BCUT2D eigenvalue weighted by molar-refractivity contribution is 7.89. The molecule has 1 aromatic heterocycles. The van der Waals surface area contributed by atoms with Crippen molar-refractivity contribution >= 4 is 26.8 Å². The molecule has 0 aliphatic heterocycles. The molecule has 3 aromatic rings. The summed E-state index contributed by atoms with van der Waals surface area (Å²) < 4.78 is 25.6. The van der Waals surface area contributed by atoms with Crippen molar-refractivity contribution in [3.05, 3.63) is 70.9 Å². The van der Waals surface area contributed by atoms with Crippen LogP contribution < -0.4 is 5.32 Å². The highest BCUT2D eigenvalue weighted by Crippen LogP contribution is 2.23. The molecule has 1 amide bonds. The first kappa shape index (κ1) is 21.9. The van der Waals surface area contributed by atoms with Crippen molar-refractivity contribution in [2.24, 2.45) is 0 Å². The van der Waals surface area contributed by atoms with Gasteiger partial charge in [0.1, 0.15) is 0 Å². The molecule has 0 aliphatic carbocycles. The lowest BCUT2D eigenvalue weighted by Gasteiger charge is -2.17. The molecule has 158 valence electrons. The van der Waals surface area contributed by atoms with E-state index in [0.717, 1.165) is 33.3 Å². The molecule has 0 radical (unpaired) electrons. The maximum absolute atomic E-state index is 12.7. The molecule has 0 saturated carbocycles. The van der Waals surface area contributed by atoms with E-state index in [9.17, 15) is 13.2 Å². The van der Waals surface area contributed by atoms with Crippen LogP contribution in [0.25, 0.3) is 10.9 Å². The minimum absolute atomic E-state index is 0.101. The average Bonchev–Trinajstić information content (AvgIpc) is 2.71. The van der Waals surface area contributed by atoms with Crippen LogP contribution in [0, 0.1) is 13.8 Å². The zero-order valence-corrected chi connectivity index (χ0v) is 18.7. The van der Waals surface area contributed by atoms with Crippen molar-refractivity contribution in [2.75, 3.05) is 14.1 Å². The summed E-state index contributed by atoms with van der Waals surface area (Å²) in [6.07, 6.45) is 0.243. The summed E-state index contributed by atoms with van der Waals surface area (Å²) in [5.41, 5.74) is 4.63. The molecule has 30 heavy (non-hydrogen) atoms. The average molecular weight is 426 g/mol. The standard InChI is InChI=1S/C23H27N3O3S/c1-15-20-8-6-7-9-22(20)24-17(3)21(15)14-23(27)25-16(2)18-10-12-19(13-11-18)30(28,29)26(4)5/h6-13,16H,14H2,1-5H3,(H,25,27). The number of benzene rings is 2. The first-order chi connectivity index (χ1) is 14.1.